The summed E-state index contributed by atoms with van der Waals surface area (Å²) in [4.78, 5) is 0. The Balaban J connectivity index is 2.26. The van der Waals surface area contributed by atoms with Gasteiger partial charge in [-0.3, -0.25) is 0 Å². The van der Waals surface area contributed by atoms with Gasteiger partial charge in [-0.05, 0) is 43.3 Å². The molecule has 0 aliphatic carbocycles. The van der Waals surface area contributed by atoms with Crippen LogP contribution in [0.4, 0.5) is 10.1 Å². The summed E-state index contributed by atoms with van der Waals surface area (Å²) in [6.45, 7) is 1.78. The fraction of sp³-hybridized carbons (Fsp3) is 0.133. The van der Waals surface area contributed by atoms with Gasteiger partial charge in [-0.1, -0.05) is 11.6 Å². The van der Waals surface area contributed by atoms with Gasteiger partial charge in [0.05, 0.1) is 28.4 Å². The first-order valence-electron chi connectivity index (χ1n) is 5.96. The zero-order valence-electron chi connectivity index (χ0n) is 10.7. The SMILES string of the molecule is CC(Nc1ccc(C#N)cc1Cl)c1cc(F)ccc1O. The summed E-state index contributed by atoms with van der Waals surface area (Å²) in [5, 5.41) is 22.0. The van der Waals surface area contributed by atoms with Crippen molar-refractivity contribution < 1.29 is 9.50 Å². The molecule has 0 heterocycles. The van der Waals surface area contributed by atoms with E-state index in [0.717, 1.165) is 0 Å². The number of hydrogen-bond acceptors (Lipinski definition) is 3. The molecule has 0 aliphatic heterocycles. The Morgan fingerprint density at radius 3 is 2.70 bits per heavy atom. The van der Waals surface area contributed by atoms with E-state index >= 15 is 0 Å². The second kappa shape index (κ2) is 5.81. The lowest BCUT2D eigenvalue weighted by Gasteiger charge is -2.18. The highest BCUT2D eigenvalue weighted by atomic mass is 35.5. The van der Waals surface area contributed by atoms with Crippen LogP contribution in [-0.4, -0.2) is 5.11 Å². The first-order chi connectivity index (χ1) is 9.51. The summed E-state index contributed by atoms with van der Waals surface area (Å²) in [5.41, 5.74) is 1.51. The van der Waals surface area contributed by atoms with E-state index < -0.39 is 5.82 Å². The van der Waals surface area contributed by atoms with Gasteiger partial charge < -0.3 is 10.4 Å². The number of rotatable bonds is 3. The molecule has 102 valence electrons. The number of nitriles is 1. The Morgan fingerprint density at radius 2 is 2.05 bits per heavy atom. The molecule has 0 aromatic heterocycles. The third-order valence-corrected chi connectivity index (χ3v) is 3.24. The van der Waals surface area contributed by atoms with Crippen LogP contribution in [0.2, 0.25) is 5.02 Å². The molecule has 0 saturated carbocycles. The Bertz CT molecular complexity index is 682. The fourth-order valence-corrected chi connectivity index (χ4v) is 2.12. The summed E-state index contributed by atoms with van der Waals surface area (Å²) in [6, 6.07) is 10.3. The van der Waals surface area contributed by atoms with Gasteiger partial charge in [-0.15, -0.1) is 0 Å². The van der Waals surface area contributed by atoms with Crippen molar-refractivity contribution in [2.45, 2.75) is 13.0 Å². The molecule has 2 rings (SSSR count). The lowest BCUT2D eigenvalue weighted by atomic mass is 10.1. The molecule has 5 heteroatoms. The number of hydrogen-bond donors (Lipinski definition) is 2. The Labute approximate surface area is 121 Å². The number of phenolic OH excluding ortho intramolecular Hbond substituents is 1. The van der Waals surface area contributed by atoms with Crippen LogP contribution in [0, 0.1) is 17.1 Å². The van der Waals surface area contributed by atoms with E-state index in [-0.39, 0.29) is 11.8 Å². The maximum Gasteiger partial charge on any atom is 0.123 e. The van der Waals surface area contributed by atoms with Gasteiger partial charge in [0.2, 0.25) is 0 Å². The minimum atomic E-state index is -0.419. The quantitative estimate of drug-likeness (QED) is 0.889. The van der Waals surface area contributed by atoms with Gasteiger partial charge in [-0.2, -0.15) is 5.26 Å². The molecular weight excluding hydrogens is 279 g/mol. The summed E-state index contributed by atoms with van der Waals surface area (Å²) in [7, 11) is 0. The first-order valence-corrected chi connectivity index (χ1v) is 6.33. The van der Waals surface area contributed by atoms with Crippen molar-refractivity contribution in [3.05, 3.63) is 58.4 Å². The van der Waals surface area contributed by atoms with Crippen molar-refractivity contribution in [2.75, 3.05) is 5.32 Å². The first kappa shape index (κ1) is 14.2. The van der Waals surface area contributed by atoms with Crippen LogP contribution in [0.5, 0.6) is 5.75 Å². The predicted molar refractivity (Wildman–Crippen MR) is 76.3 cm³/mol. The molecule has 0 aliphatic rings. The highest BCUT2D eigenvalue weighted by molar-refractivity contribution is 6.33. The molecule has 1 atom stereocenters. The summed E-state index contributed by atoms with van der Waals surface area (Å²) in [6.07, 6.45) is 0. The maximum absolute atomic E-state index is 13.2. The molecule has 2 aromatic carbocycles. The molecule has 2 aromatic rings. The second-order valence-electron chi connectivity index (χ2n) is 4.38. The zero-order valence-corrected chi connectivity index (χ0v) is 11.4. The molecule has 3 nitrogen and oxygen atoms in total. The van der Waals surface area contributed by atoms with Crippen LogP contribution in [0.3, 0.4) is 0 Å². The molecule has 0 amide bonds. The second-order valence-corrected chi connectivity index (χ2v) is 4.78. The standard InChI is InChI=1S/C15H12ClFN2O/c1-9(12-7-11(17)3-5-15(12)20)19-14-4-2-10(8-18)6-13(14)16/h2-7,9,19-20H,1H3. The number of anilines is 1. The van der Waals surface area contributed by atoms with Gasteiger partial charge in [-0.25, -0.2) is 4.39 Å². The molecule has 0 radical (unpaired) electrons. The number of phenols is 1. The van der Waals surface area contributed by atoms with Crippen LogP contribution in [0.25, 0.3) is 0 Å². The number of benzene rings is 2. The van der Waals surface area contributed by atoms with Crippen LogP contribution < -0.4 is 5.32 Å². The summed E-state index contributed by atoms with van der Waals surface area (Å²) >= 11 is 6.06. The van der Waals surface area contributed by atoms with Crippen LogP contribution in [0.1, 0.15) is 24.1 Å². The van der Waals surface area contributed by atoms with Crippen LogP contribution in [-0.2, 0) is 0 Å². The van der Waals surface area contributed by atoms with Crippen molar-refractivity contribution in [1.82, 2.24) is 0 Å². The van der Waals surface area contributed by atoms with Crippen molar-refractivity contribution in [3.8, 4) is 11.8 Å². The van der Waals surface area contributed by atoms with Crippen molar-refractivity contribution in [3.63, 3.8) is 0 Å². The van der Waals surface area contributed by atoms with E-state index in [1.54, 1.807) is 25.1 Å². The number of aromatic hydroxyl groups is 1. The molecule has 2 N–H and O–H groups in total. The Kier molecular flexibility index (Phi) is 4.11. The number of halogens is 2. The molecule has 0 fully saturated rings. The maximum atomic E-state index is 13.2. The minimum Gasteiger partial charge on any atom is -0.508 e. The normalized spacial score (nSPS) is 11.7. The fourth-order valence-electron chi connectivity index (χ4n) is 1.88. The zero-order chi connectivity index (χ0) is 14.7. The average molecular weight is 291 g/mol. The van der Waals surface area contributed by atoms with Crippen molar-refractivity contribution in [2.24, 2.45) is 0 Å². The van der Waals surface area contributed by atoms with Crippen molar-refractivity contribution >= 4 is 17.3 Å². The van der Waals surface area contributed by atoms with E-state index in [0.29, 0.717) is 21.8 Å². The molecule has 1 unspecified atom stereocenters. The van der Waals surface area contributed by atoms with Gasteiger partial charge >= 0.3 is 0 Å². The van der Waals surface area contributed by atoms with E-state index in [1.165, 1.54) is 18.2 Å². The highest BCUT2D eigenvalue weighted by Crippen LogP contribution is 2.30. The van der Waals surface area contributed by atoms with E-state index in [9.17, 15) is 9.50 Å². The molecular formula is C15H12ClFN2O. The van der Waals surface area contributed by atoms with Gasteiger partial charge in [0.25, 0.3) is 0 Å². The molecule has 20 heavy (non-hydrogen) atoms. The Hall–Kier alpha value is -2.25. The third kappa shape index (κ3) is 3.01. The number of nitrogens with one attached hydrogen (secondary N) is 1. The third-order valence-electron chi connectivity index (χ3n) is 2.93. The van der Waals surface area contributed by atoms with Crippen molar-refractivity contribution in [1.29, 1.82) is 5.26 Å². The van der Waals surface area contributed by atoms with E-state index in [1.807, 2.05) is 6.07 Å². The monoisotopic (exact) mass is 290 g/mol. The molecule has 0 spiro atoms. The number of nitrogens with zero attached hydrogens (tertiary/aromatic N) is 1. The van der Waals surface area contributed by atoms with E-state index in [4.69, 9.17) is 16.9 Å². The van der Waals surface area contributed by atoms with Gasteiger partial charge in [0.1, 0.15) is 11.6 Å². The lowest BCUT2D eigenvalue weighted by Crippen LogP contribution is -2.07. The van der Waals surface area contributed by atoms with E-state index in [2.05, 4.69) is 5.32 Å². The summed E-state index contributed by atoms with van der Waals surface area (Å²) < 4.78 is 13.2. The Morgan fingerprint density at radius 1 is 1.30 bits per heavy atom. The highest BCUT2D eigenvalue weighted by Gasteiger charge is 2.13. The average Bonchev–Trinajstić information content (AvgIpc) is 2.43. The lowest BCUT2D eigenvalue weighted by molar-refractivity contribution is 0.462. The molecule has 0 saturated heterocycles. The van der Waals surface area contributed by atoms with Gasteiger partial charge in [0.15, 0.2) is 0 Å². The topological polar surface area (TPSA) is 56.0 Å². The van der Waals surface area contributed by atoms with Gasteiger partial charge in [0, 0.05) is 5.56 Å². The minimum absolute atomic E-state index is 0.0103. The smallest absolute Gasteiger partial charge is 0.123 e. The van der Waals surface area contributed by atoms with Crippen LogP contribution >= 0.6 is 11.6 Å². The predicted octanol–water partition coefficient (Wildman–Crippen LogP) is 4.23. The largest absolute Gasteiger partial charge is 0.508 e. The summed E-state index contributed by atoms with van der Waals surface area (Å²) in [5.74, 6) is -0.409. The van der Waals surface area contributed by atoms with Crippen LogP contribution in [0.15, 0.2) is 36.4 Å². The molecule has 0 bridgehead atoms.